The molecular weight excluding hydrogens is 436 g/mol. The molecule has 0 aliphatic carbocycles. The third-order valence-electron chi connectivity index (χ3n) is 6.79. The Labute approximate surface area is 209 Å². The van der Waals surface area contributed by atoms with Crippen LogP contribution in [0.15, 0.2) is 60.7 Å². The zero-order chi connectivity index (χ0) is 25.5. The van der Waals surface area contributed by atoms with Crippen molar-refractivity contribution in [3.05, 3.63) is 94.0 Å². The molecule has 4 nitrogen and oxygen atoms in total. The minimum absolute atomic E-state index is 0.0345. The first kappa shape index (κ1) is 26.2. The maximum absolute atomic E-state index is 12.8. The number of rotatable bonds is 10. The summed E-state index contributed by atoms with van der Waals surface area (Å²) in [4.78, 5) is 24.3. The average Bonchev–Trinajstić information content (AvgIpc) is 2.88. The van der Waals surface area contributed by atoms with E-state index in [-0.39, 0.29) is 11.7 Å². The van der Waals surface area contributed by atoms with E-state index >= 15 is 0 Å². The van der Waals surface area contributed by atoms with Crippen LogP contribution in [0.3, 0.4) is 0 Å². The number of methoxy groups -OCH3 is 1. The molecule has 0 aliphatic rings. The topological polar surface area (TPSA) is 52.6 Å². The standard InChI is InChI=1S/C31H36O4/c1-7-20(3)27-18-23(9-15-29(27)34-6)17-24-10-16-30(28(19-24)21(4)8-2)35-31(33)26-13-11-25(12-14-26)22(5)32/h9-16,18-21H,7-8,17H2,1-6H3. The van der Waals surface area contributed by atoms with Crippen molar-refractivity contribution < 1.29 is 19.1 Å². The summed E-state index contributed by atoms with van der Waals surface area (Å²) in [5.74, 6) is 1.72. The molecule has 2 atom stereocenters. The third-order valence-corrected chi connectivity index (χ3v) is 6.79. The highest BCUT2D eigenvalue weighted by atomic mass is 16.5. The van der Waals surface area contributed by atoms with Gasteiger partial charge in [0, 0.05) is 5.56 Å². The molecule has 0 radical (unpaired) electrons. The van der Waals surface area contributed by atoms with Crippen LogP contribution in [0.4, 0.5) is 0 Å². The highest BCUT2D eigenvalue weighted by Gasteiger charge is 2.17. The van der Waals surface area contributed by atoms with Crippen molar-refractivity contribution in [2.45, 2.75) is 65.7 Å². The zero-order valence-electron chi connectivity index (χ0n) is 21.7. The van der Waals surface area contributed by atoms with E-state index in [9.17, 15) is 9.59 Å². The number of ether oxygens (including phenoxy) is 2. The normalized spacial score (nSPS) is 12.6. The third kappa shape index (κ3) is 6.39. The van der Waals surface area contributed by atoms with Crippen molar-refractivity contribution >= 4 is 11.8 Å². The van der Waals surface area contributed by atoms with Gasteiger partial charge in [-0.3, -0.25) is 4.79 Å². The lowest BCUT2D eigenvalue weighted by Gasteiger charge is -2.18. The van der Waals surface area contributed by atoms with Crippen LogP contribution >= 0.6 is 0 Å². The second-order valence-electron chi connectivity index (χ2n) is 9.27. The molecule has 0 N–H and O–H groups in total. The average molecular weight is 473 g/mol. The number of carbonyl (C=O) groups excluding carboxylic acids is 2. The molecule has 0 bridgehead atoms. The summed E-state index contributed by atoms with van der Waals surface area (Å²) in [5, 5.41) is 0. The van der Waals surface area contributed by atoms with Crippen LogP contribution < -0.4 is 9.47 Å². The molecule has 3 aromatic rings. The number of Topliss-reactive ketones (excluding diaryl/α,β-unsaturated/α-hetero) is 1. The number of hydrogen-bond donors (Lipinski definition) is 0. The number of hydrogen-bond acceptors (Lipinski definition) is 4. The molecule has 2 unspecified atom stereocenters. The highest BCUT2D eigenvalue weighted by Crippen LogP contribution is 2.33. The Bertz CT molecular complexity index is 1180. The van der Waals surface area contributed by atoms with E-state index in [4.69, 9.17) is 9.47 Å². The van der Waals surface area contributed by atoms with Crippen LogP contribution in [0.2, 0.25) is 0 Å². The molecule has 35 heavy (non-hydrogen) atoms. The number of carbonyl (C=O) groups is 2. The number of ketones is 1. The predicted octanol–water partition coefficient (Wildman–Crippen LogP) is 7.73. The Hall–Kier alpha value is -3.40. The van der Waals surface area contributed by atoms with Gasteiger partial charge in [-0.1, -0.05) is 64.1 Å². The molecule has 0 heterocycles. The Balaban J connectivity index is 1.86. The summed E-state index contributed by atoms with van der Waals surface area (Å²) in [6, 6.07) is 19.1. The lowest BCUT2D eigenvalue weighted by molar-refractivity contribution is 0.0732. The minimum atomic E-state index is -0.425. The van der Waals surface area contributed by atoms with Crippen molar-refractivity contribution in [3.8, 4) is 11.5 Å². The van der Waals surface area contributed by atoms with Crippen LogP contribution in [0.1, 0.15) is 102 Å². The molecule has 0 aliphatic heterocycles. The van der Waals surface area contributed by atoms with Gasteiger partial charge in [-0.05, 0) is 84.5 Å². The maximum atomic E-state index is 12.8. The first-order valence-electron chi connectivity index (χ1n) is 12.4. The summed E-state index contributed by atoms with van der Waals surface area (Å²) in [6.45, 7) is 10.2. The van der Waals surface area contributed by atoms with Gasteiger partial charge >= 0.3 is 5.97 Å². The number of esters is 1. The lowest BCUT2D eigenvalue weighted by Crippen LogP contribution is -2.11. The SMILES string of the molecule is CCC(C)c1cc(Cc2ccc(OC(=O)c3ccc(C(C)=O)cc3)c(C(C)CC)c2)ccc1OC. The minimum Gasteiger partial charge on any atom is -0.496 e. The zero-order valence-corrected chi connectivity index (χ0v) is 21.7. The molecule has 0 fully saturated rings. The van der Waals surface area contributed by atoms with Gasteiger partial charge in [-0.15, -0.1) is 0 Å². The van der Waals surface area contributed by atoms with Crippen molar-refractivity contribution in [2.75, 3.05) is 7.11 Å². The van der Waals surface area contributed by atoms with Crippen molar-refractivity contribution in [3.63, 3.8) is 0 Å². The first-order chi connectivity index (χ1) is 16.8. The van der Waals surface area contributed by atoms with E-state index in [1.54, 1.807) is 31.4 Å². The monoisotopic (exact) mass is 472 g/mol. The summed E-state index contributed by atoms with van der Waals surface area (Å²) in [7, 11) is 1.72. The van der Waals surface area contributed by atoms with Crippen molar-refractivity contribution in [1.82, 2.24) is 0 Å². The molecule has 3 rings (SSSR count). The Morgan fingerprint density at radius 1 is 0.743 bits per heavy atom. The van der Waals surface area contributed by atoms with Gasteiger partial charge in [0.2, 0.25) is 0 Å². The highest BCUT2D eigenvalue weighted by molar-refractivity contribution is 5.96. The molecular formula is C31H36O4. The van der Waals surface area contributed by atoms with E-state index in [2.05, 4.69) is 52.0 Å². The van der Waals surface area contributed by atoms with Crippen LogP contribution in [0.25, 0.3) is 0 Å². The van der Waals surface area contributed by atoms with Gasteiger partial charge in [0.15, 0.2) is 5.78 Å². The van der Waals surface area contributed by atoms with Gasteiger partial charge < -0.3 is 9.47 Å². The largest absolute Gasteiger partial charge is 0.496 e. The van der Waals surface area contributed by atoms with E-state index in [1.165, 1.54) is 23.6 Å². The fourth-order valence-corrected chi connectivity index (χ4v) is 4.14. The molecule has 0 saturated carbocycles. The smallest absolute Gasteiger partial charge is 0.343 e. The first-order valence-corrected chi connectivity index (χ1v) is 12.4. The van der Waals surface area contributed by atoms with Gasteiger partial charge in [0.05, 0.1) is 12.7 Å². The van der Waals surface area contributed by atoms with Crippen molar-refractivity contribution in [2.24, 2.45) is 0 Å². The molecule has 3 aromatic carbocycles. The van der Waals surface area contributed by atoms with Crippen LogP contribution in [0.5, 0.6) is 11.5 Å². The quantitative estimate of drug-likeness (QED) is 0.172. The van der Waals surface area contributed by atoms with Crippen LogP contribution in [-0.2, 0) is 6.42 Å². The second-order valence-corrected chi connectivity index (χ2v) is 9.27. The summed E-state index contributed by atoms with van der Waals surface area (Å²) in [6.07, 6.45) is 2.77. The summed E-state index contributed by atoms with van der Waals surface area (Å²) >= 11 is 0. The fourth-order valence-electron chi connectivity index (χ4n) is 4.14. The molecule has 0 aromatic heterocycles. The molecule has 0 amide bonds. The lowest BCUT2D eigenvalue weighted by atomic mass is 9.91. The molecule has 0 saturated heterocycles. The predicted molar refractivity (Wildman–Crippen MR) is 141 cm³/mol. The molecule has 4 heteroatoms. The van der Waals surface area contributed by atoms with Crippen LogP contribution in [-0.4, -0.2) is 18.9 Å². The van der Waals surface area contributed by atoms with E-state index in [1.807, 2.05) is 12.1 Å². The van der Waals surface area contributed by atoms with Crippen molar-refractivity contribution in [1.29, 1.82) is 0 Å². The van der Waals surface area contributed by atoms with Gasteiger partial charge in [0.25, 0.3) is 0 Å². The van der Waals surface area contributed by atoms with Gasteiger partial charge in [-0.2, -0.15) is 0 Å². The summed E-state index contributed by atoms with van der Waals surface area (Å²) in [5.41, 5.74) is 5.65. The maximum Gasteiger partial charge on any atom is 0.343 e. The van der Waals surface area contributed by atoms with E-state index < -0.39 is 5.97 Å². The van der Waals surface area contributed by atoms with Crippen LogP contribution in [0, 0.1) is 0 Å². The Kier molecular flexibility index (Phi) is 8.86. The summed E-state index contributed by atoms with van der Waals surface area (Å²) < 4.78 is 11.4. The molecule has 0 spiro atoms. The van der Waals surface area contributed by atoms with E-state index in [0.29, 0.717) is 22.8 Å². The van der Waals surface area contributed by atoms with E-state index in [0.717, 1.165) is 30.6 Å². The fraction of sp³-hybridized carbons (Fsp3) is 0.355. The Morgan fingerprint density at radius 3 is 1.71 bits per heavy atom. The Morgan fingerprint density at radius 2 is 1.23 bits per heavy atom. The van der Waals surface area contributed by atoms with Gasteiger partial charge in [-0.25, -0.2) is 4.79 Å². The second kappa shape index (κ2) is 11.8. The van der Waals surface area contributed by atoms with Gasteiger partial charge in [0.1, 0.15) is 11.5 Å². The number of benzene rings is 3. The molecule has 184 valence electrons.